The monoisotopic (exact) mass is 235 g/mol. The van der Waals surface area contributed by atoms with Crippen molar-refractivity contribution in [1.29, 1.82) is 0 Å². The fraction of sp³-hybridized carbons (Fsp3) is 0.0625. The Hall–Kier alpha value is -2.35. The first-order valence-electron chi connectivity index (χ1n) is 5.91. The van der Waals surface area contributed by atoms with Crippen molar-refractivity contribution in [2.24, 2.45) is 0 Å². The normalized spacial score (nSPS) is 10.5. The largest absolute Gasteiger partial charge is 0.457 e. The van der Waals surface area contributed by atoms with Crippen LogP contribution in [-0.4, -0.2) is 4.98 Å². The van der Waals surface area contributed by atoms with Crippen LogP contribution in [0.15, 0.2) is 60.7 Å². The first kappa shape index (κ1) is 10.8. The van der Waals surface area contributed by atoms with E-state index in [2.05, 4.69) is 11.1 Å². The van der Waals surface area contributed by atoms with Gasteiger partial charge < -0.3 is 4.74 Å². The second-order valence-corrected chi connectivity index (χ2v) is 4.22. The zero-order chi connectivity index (χ0) is 12.4. The molecule has 0 fully saturated rings. The van der Waals surface area contributed by atoms with Crippen LogP contribution in [0.1, 0.15) is 5.69 Å². The number of hydrogen-bond donors (Lipinski definition) is 0. The Labute approximate surface area is 106 Å². The van der Waals surface area contributed by atoms with Crippen LogP contribution >= 0.6 is 0 Å². The molecular formula is C16H13NO. The molecule has 0 spiro atoms. The maximum Gasteiger partial charge on any atom is 0.129 e. The topological polar surface area (TPSA) is 22.1 Å². The van der Waals surface area contributed by atoms with Gasteiger partial charge in [-0.25, -0.2) is 0 Å². The van der Waals surface area contributed by atoms with E-state index in [0.29, 0.717) is 0 Å². The summed E-state index contributed by atoms with van der Waals surface area (Å²) < 4.78 is 5.79. The zero-order valence-corrected chi connectivity index (χ0v) is 10.1. The number of para-hydroxylation sites is 1. The van der Waals surface area contributed by atoms with Gasteiger partial charge in [-0.05, 0) is 37.3 Å². The van der Waals surface area contributed by atoms with Gasteiger partial charge in [0.05, 0.1) is 5.52 Å². The lowest BCUT2D eigenvalue weighted by Crippen LogP contribution is -1.86. The number of rotatable bonds is 2. The Morgan fingerprint density at radius 1 is 0.833 bits per heavy atom. The first-order valence-corrected chi connectivity index (χ1v) is 5.91. The highest BCUT2D eigenvalue weighted by Crippen LogP contribution is 2.24. The number of aromatic nitrogens is 1. The Morgan fingerprint density at radius 3 is 2.44 bits per heavy atom. The van der Waals surface area contributed by atoms with Gasteiger partial charge in [-0.15, -0.1) is 0 Å². The number of nitrogens with zero attached hydrogens (tertiary/aromatic N) is 1. The van der Waals surface area contributed by atoms with E-state index in [-0.39, 0.29) is 0 Å². The van der Waals surface area contributed by atoms with Crippen LogP contribution < -0.4 is 4.74 Å². The number of pyridine rings is 1. The van der Waals surface area contributed by atoms with Crippen molar-refractivity contribution in [3.05, 3.63) is 66.4 Å². The molecule has 1 aromatic heterocycles. The third-order valence-electron chi connectivity index (χ3n) is 2.78. The van der Waals surface area contributed by atoms with Crippen LogP contribution in [-0.2, 0) is 0 Å². The van der Waals surface area contributed by atoms with Crippen molar-refractivity contribution < 1.29 is 4.74 Å². The van der Waals surface area contributed by atoms with E-state index in [0.717, 1.165) is 28.1 Å². The molecule has 0 amide bonds. The summed E-state index contributed by atoms with van der Waals surface area (Å²) in [6.07, 6.45) is 0. The predicted molar refractivity (Wildman–Crippen MR) is 73.0 cm³/mol. The number of hydrogen-bond acceptors (Lipinski definition) is 2. The van der Waals surface area contributed by atoms with Crippen LogP contribution in [0, 0.1) is 6.92 Å². The summed E-state index contributed by atoms with van der Waals surface area (Å²) in [5.74, 6) is 1.65. The molecule has 0 saturated carbocycles. The van der Waals surface area contributed by atoms with E-state index in [1.165, 1.54) is 0 Å². The van der Waals surface area contributed by atoms with E-state index >= 15 is 0 Å². The molecule has 88 valence electrons. The molecule has 18 heavy (non-hydrogen) atoms. The smallest absolute Gasteiger partial charge is 0.129 e. The van der Waals surface area contributed by atoms with Gasteiger partial charge in [0.1, 0.15) is 11.5 Å². The summed E-state index contributed by atoms with van der Waals surface area (Å²) in [6, 6.07) is 19.8. The lowest BCUT2D eigenvalue weighted by molar-refractivity contribution is 0.483. The second kappa shape index (κ2) is 4.49. The van der Waals surface area contributed by atoms with Crippen LogP contribution in [0.2, 0.25) is 0 Å². The number of ether oxygens (including phenoxy) is 1. The SMILES string of the molecule is Cc1ccc2ccc(Oc3ccccc3)cc2n1. The molecule has 1 heterocycles. The maximum absolute atomic E-state index is 5.79. The van der Waals surface area contributed by atoms with Crippen molar-refractivity contribution in [1.82, 2.24) is 4.98 Å². The standard InChI is InChI=1S/C16H13NO/c1-12-7-8-13-9-10-15(11-16(13)17-12)18-14-5-3-2-4-6-14/h2-11H,1H3. The second-order valence-electron chi connectivity index (χ2n) is 4.22. The predicted octanol–water partition coefficient (Wildman–Crippen LogP) is 4.34. The number of benzene rings is 2. The molecule has 2 heteroatoms. The maximum atomic E-state index is 5.79. The summed E-state index contributed by atoms with van der Waals surface area (Å²) in [6.45, 7) is 1.99. The third-order valence-corrected chi connectivity index (χ3v) is 2.78. The third kappa shape index (κ3) is 2.18. The van der Waals surface area contributed by atoms with E-state index < -0.39 is 0 Å². The highest BCUT2D eigenvalue weighted by molar-refractivity contribution is 5.80. The molecule has 0 N–H and O–H groups in total. The van der Waals surface area contributed by atoms with Gasteiger partial charge in [-0.1, -0.05) is 24.3 Å². The molecule has 3 rings (SSSR count). The van der Waals surface area contributed by atoms with E-state index in [1.54, 1.807) is 0 Å². The van der Waals surface area contributed by atoms with Gasteiger partial charge in [0.25, 0.3) is 0 Å². The minimum Gasteiger partial charge on any atom is -0.457 e. The quantitative estimate of drug-likeness (QED) is 0.659. The van der Waals surface area contributed by atoms with Gasteiger partial charge in [-0.3, -0.25) is 4.98 Å². The van der Waals surface area contributed by atoms with Crippen molar-refractivity contribution in [2.45, 2.75) is 6.92 Å². The highest BCUT2D eigenvalue weighted by atomic mass is 16.5. The molecule has 0 atom stereocenters. The molecular weight excluding hydrogens is 222 g/mol. The van der Waals surface area contributed by atoms with E-state index in [4.69, 9.17) is 4.74 Å². The van der Waals surface area contributed by atoms with Crippen LogP contribution in [0.4, 0.5) is 0 Å². The van der Waals surface area contributed by atoms with E-state index in [1.807, 2.05) is 61.5 Å². The van der Waals surface area contributed by atoms with Gasteiger partial charge in [0.2, 0.25) is 0 Å². The Morgan fingerprint density at radius 2 is 1.61 bits per heavy atom. The molecule has 0 aliphatic heterocycles. The van der Waals surface area contributed by atoms with Gasteiger partial charge in [0, 0.05) is 17.1 Å². The molecule has 0 aliphatic carbocycles. The zero-order valence-electron chi connectivity index (χ0n) is 10.1. The number of aryl methyl sites for hydroxylation is 1. The van der Waals surface area contributed by atoms with Crippen molar-refractivity contribution >= 4 is 10.9 Å². The summed E-state index contributed by atoms with van der Waals surface area (Å²) >= 11 is 0. The fourth-order valence-electron chi connectivity index (χ4n) is 1.89. The molecule has 0 unspecified atom stereocenters. The van der Waals surface area contributed by atoms with Crippen molar-refractivity contribution in [3.8, 4) is 11.5 Å². The summed E-state index contributed by atoms with van der Waals surface area (Å²) in [5, 5.41) is 1.13. The Bertz CT molecular complexity index is 677. The molecule has 0 saturated heterocycles. The molecule has 0 radical (unpaired) electrons. The lowest BCUT2D eigenvalue weighted by Gasteiger charge is -2.06. The summed E-state index contributed by atoms with van der Waals surface area (Å²) in [7, 11) is 0. The summed E-state index contributed by atoms with van der Waals surface area (Å²) in [5.41, 5.74) is 1.97. The van der Waals surface area contributed by atoms with Gasteiger partial charge in [-0.2, -0.15) is 0 Å². The number of fused-ring (bicyclic) bond motifs is 1. The Kier molecular flexibility index (Phi) is 2.69. The van der Waals surface area contributed by atoms with Crippen LogP contribution in [0.25, 0.3) is 10.9 Å². The minimum absolute atomic E-state index is 0.812. The van der Waals surface area contributed by atoms with E-state index in [9.17, 15) is 0 Å². The molecule has 2 nitrogen and oxygen atoms in total. The van der Waals surface area contributed by atoms with Crippen molar-refractivity contribution in [3.63, 3.8) is 0 Å². The fourth-order valence-corrected chi connectivity index (χ4v) is 1.89. The average molecular weight is 235 g/mol. The van der Waals surface area contributed by atoms with Gasteiger partial charge >= 0.3 is 0 Å². The lowest BCUT2D eigenvalue weighted by atomic mass is 10.2. The molecule has 0 aliphatic rings. The molecule has 2 aromatic carbocycles. The van der Waals surface area contributed by atoms with Gasteiger partial charge in [0.15, 0.2) is 0 Å². The molecule has 0 bridgehead atoms. The highest BCUT2D eigenvalue weighted by Gasteiger charge is 2.00. The van der Waals surface area contributed by atoms with Crippen LogP contribution in [0.5, 0.6) is 11.5 Å². The minimum atomic E-state index is 0.812. The summed E-state index contributed by atoms with van der Waals surface area (Å²) in [4.78, 5) is 4.50. The molecule has 3 aromatic rings. The van der Waals surface area contributed by atoms with Crippen molar-refractivity contribution in [2.75, 3.05) is 0 Å². The average Bonchev–Trinajstić information content (AvgIpc) is 2.39. The first-order chi connectivity index (χ1) is 8.81. The Balaban J connectivity index is 1.98. The van der Waals surface area contributed by atoms with Crippen LogP contribution in [0.3, 0.4) is 0 Å².